The number of aliphatic hydroxyl groups is 1. The Morgan fingerprint density at radius 3 is 3.00 bits per heavy atom. The number of hydrogen-bond donors (Lipinski definition) is 1. The van der Waals surface area contributed by atoms with E-state index in [2.05, 4.69) is 0 Å². The fraction of sp³-hybridized carbons (Fsp3) is 1.00. The highest BCUT2D eigenvalue weighted by molar-refractivity contribution is 4.87. The van der Waals surface area contributed by atoms with Crippen molar-refractivity contribution in [1.29, 1.82) is 0 Å². The molecule has 0 aromatic carbocycles. The normalized spacial score (nSPS) is 45.9. The zero-order valence-corrected chi connectivity index (χ0v) is 6.12. The van der Waals surface area contributed by atoms with Crippen molar-refractivity contribution in [3.05, 3.63) is 0 Å². The lowest BCUT2D eigenvalue weighted by molar-refractivity contribution is 0.140. The zero-order valence-electron chi connectivity index (χ0n) is 6.12. The molecular formula is C8H14O2. The Bertz CT molecular complexity index is 124. The molecule has 2 fully saturated rings. The van der Waals surface area contributed by atoms with E-state index >= 15 is 0 Å². The molecule has 1 saturated heterocycles. The first-order valence-corrected chi connectivity index (χ1v) is 4.10. The first-order chi connectivity index (χ1) is 4.92. The van der Waals surface area contributed by atoms with Gasteiger partial charge in [-0.25, -0.2) is 0 Å². The minimum atomic E-state index is 0.366. The number of ether oxygens (including phenoxy) is 1. The van der Waals surface area contributed by atoms with Gasteiger partial charge in [0.15, 0.2) is 0 Å². The molecule has 2 aliphatic rings. The van der Waals surface area contributed by atoms with Crippen LogP contribution in [0.25, 0.3) is 0 Å². The van der Waals surface area contributed by atoms with Gasteiger partial charge in [0.2, 0.25) is 0 Å². The molecule has 1 aliphatic carbocycles. The summed E-state index contributed by atoms with van der Waals surface area (Å²) in [5, 5.41) is 8.96. The lowest BCUT2D eigenvalue weighted by Crippen LogP contribution is -2.16. The van der Waals surface area contributed by atoms with E-state index in [1.165, 1.54) is 12.8 Å². The van der Waals surface area contributed by atoms with E-state index in [0.717, 1.165) is 19.1 Å². The maximum Gasteiger partial charge on any atom is 0.0501 e. The minimum Gasteiger partial charge on any atom is -0.396 e. The summed E-state index contributed by atoms with van der Waals surface area (Å²) in [7, 11) is 0. The van der Waals surface area contributed by atoms with Crippen molar-refractivity contribution in [3.8, 4) is 0 Å². The van der Waals surface area contributed by atoms with Crippen molar-refractivity contribution in [2.24, 2.45) is 17.8 Å². The van der Waals surface area contributed by atoms with Gasteiger partial charge in [-0.1, -0.05) is 0 Å². The molecule has 0 aromatic rings. The van der Waals surface area contributed by atoms with Crippen LogP contribution < -0.4 is 0 Å². The van der Waals surface area contributed by atoms with Gasteiger partial charge in [0, 0.05) is 13.2 Å². The van der Waals surface area contributed by atoms with Crippen molar-refractivity contribution < 1.29 is 9.84 Å². The third-order valence-corrected chi connectivity index (χ3v) is 3.00. The first-order valence-electron chi connectivity index (χ1n) is 4.10. The lowest BCUT2D eigenvalue weighted by atomic mass is 9.93. The van der Waals surface area contributed by atoms with Crippen LogP contribution >= 0.6 is 0 Å². The fourth-order valence-electron chi connectivity index (χ4n) is 2.30. The molecule has 10 heavy (non-hydrogen) atoms. The van der Waals surface area contributed by atoms with Crippen LogP contribution in [0.2, 0.25) is 0 Å². The van der Waals surface area contributed by atoms with E-state index in [0.29, 0.717) is 18.4 Å². The Morgan fingerprint density at radius 1 is 1.30 bits per heavy atom. The molecule has 0 bridgehead atoms. The van der Waals surface area contributed by atoms with E-state index in [9.17, 15) is 0 Å². The van der Waals surface area contributed by atoms with E-state index in [1.54, 1.807) is 0 Å². The molecule has 0 aromatic heterocycles. The molecule has 58 valence electrons. The zero-order chi connectivity index (χ0) is 6.97. The van der Waals surface area contributed by atoms with Crippen molar-refractivity contribution in [3.63, 3.8) is 0 Å². The average Bonchev–Trinajstić information content (AvgIpc) is 2.44. The van der Waals surface area contributed by atoms with E-state index in [1.807, 2.05) is 0 Å². The van der Waals surface area contributed by atoms with Gasteiger partial charge in [-0.2, -0.15) is 0 Å². The molecule has 1 N–H and O–H groups in total. The minimum absolute atomic E-state index is 0.366. The third-order valence-electron chi connectivity index (χ3n) is 3.00. The molecule has 3 atom stereocenters. The standard InChI is InChI=1S/C8H14O2/c9-3-6-1-2-7-4-10-5-8(6)7/h6-9H,1-5H2/t6-,7+,8-/m1/s1. The van der Waals surface area contributed by atoms with Crippen LogP contribution in [0.4, 0.5) is 0 Å². The second kappa shape index (κ2) is 2.51. The van der Waals surface area contributed by atoms with Crippen LogP contribution in [-0.2, 0) is 4.74 Å². The maximum absolute atomic E-state index is 8.96. The monoisotopic (exact) mass is 142 g/mol. The second-order valence-corrected chi connectivity index (χ2v) is 3.48. The van der Waals surface area contributed by atoms with Gasteiger partial charge in [0.05, 0.1) is 6.61 Å². The molecule has 2 heteroatoms. The van der Waals surface area contributed by atoms with Gasteiger partial charge < -0.3 is 9.84 Å². The van der Waals surface area contributed by atoms with Crippen molar-refractivity contribution in [2.45, 2.75) is 12.8 Å². The van der Waals surface area contributed by atoms with Gasteiger partial charge in [0.1, 0.15) is 0 Å². The Labute approximate surface area is 61.2 Å². The number of fused-ring (bicyclic) bond motifs is 1. The summed E-state index contributed by atoms with van der Waals surface area (Å²) < 4.78 is 5.33. The van der Waals surface area contributed by atoms with Crippen LogP contribution in [0.3, 0.4) is 0 Å². The van der Waals surface area contributed by atoms with Crippen LogP contribution in [0.1, 0.15) is 12.8 Å². The first kappa shape index (κ1) is 6.62. The lowest BCUT2D eigenvalue weighted by Gasteiger charge is -2.12. The van der Waals surface area contributed by atoms with Crippen LogP contribution in [-0.4, -0.2) is 24.9 Å². The summed E-state index contributed by atoms with van der Waals surface area (Å²) in [6.07, 6.45) is 2.49. The fourth-order valence-corrected chi connectivity index (χ4v) is 2.30. The molecule has 1 aliphatic heterocycles. The Balaban J connectivity index is 2.01. The predicted molar refractivity (Wildman–Crippen MR) is 37.6 cm³/mol. The summed E-state index contributed by atoms with van der Waals surface area (Å²) in [5.74, 6) is 2.01. The van der Waals surface area contributed by atoms with Gasteiger partial charge in [0.25, 0.3) is 0 Å². The summed E-state index contributed by atoms with van der Waals surface area (Å²) >= 11 is 0. The molecule has 0 spiro atoms. The van der Waals surface area contributed by atoms with Crippen molar-refractivity contribution in [2.75, 3.05) is 19.8 Å². The molecule has 0 unspecified atom stereocenters. The molecule has 2 rings (SSSR count). The SMILES string of the molecule is OC[C@H]1CC[C@H]2COC[C@H]12. The predicted octanol–water partition coefficient (Wildman–Crippen LogP) is 0.651. The van der Waals surface area contributed by atoms with Gasteiger partial charge in [-0.05, 0) is 30.6 Å². The van der Waals surface area contributed by atoms with Crippen molar-refractivity contribution >= 4 is 0 Å². The summed E-state index contributed by atoms with van der Waals surface area (Å²) in [6, 6.07) is 0. The van der Waals surface area contributed by atoms with Gasteiger partial charge in [-0.3, -0.25) is 0 Å². The highest BCUT2D eigenvalue weighted by Gasteiger charge is 2.39. The quantitative estimate of drug-likeness (QED) is 0.582. The van der Waals surface area contributed by atoms with E-state index in [4.69, 9.17) is 9.84 Å². The summed E-state index contributed by atoms with van der Waals surface area (Å²) in [4.78, 5) is 0. The molecular weight excluding hydrogens is 128 g/mol. The van der Waals surface area contributed by atoms with Crippen molar-refractivity contribution in [1.82, 2.24) is 0 Å². The highest BCUT2D eigenvalue weighted by atomic mass is 16.5. The molecule has 1 saturated carbocycles. The molecule has 2 nitrogen and oxygen atoms in total. The Hall–Kier alpha value is -0.0800. The van der Waals surface area contributed by atoms with E-state index in [-0.39, 0.29) is 0 Å². The van der Waals surface area contributed by atoms with Crippen LogP contribution in [0.15, 0.2) is 0 Å². The average molecular weight is 142 g/mol. The smallest absolute Gasteiger partial charge is 0.0501 e. The van der Waals surface area contributed by atoms with Crippen LogP contribution in [0.5, 0.6) is 0 Å². The van der Waals surface area contributed by atoms with E-state index < -0.39 is 0 Å². The number of hydrogen-bond acceptors (Lipinski definition) is 2. The Morgan fingerprint density at radius 2 is 2.20 bits per heavy atom. The molecule has 0 amide bonds. The number of aliphatic hydroxyl groups excluding tert-OH is 1. The molecule has 1 heterocycles. The maximum atomic E-state index is 8.96. The summed E-state index contributed by atoms with van der Waals surface area (Å²) in [5.41, 5.74) is 0. The highest BCUT2D eigenvalue weighted by Crippen LogP contribution is 2.40. The second-order valence-electron chi connectivity index (χ2n) is 3.48. The summed E-state index contributed by atoms with van der Waals surface area (Å²) in [6.45, 7) is 2.21. The third kappa shape index (κ3) is 0.867. The largest absolute Gasteiger partial charge is 0.396 e. The van der Waals surface area contributed by atoms with Gasteiger partial charge >= 0.3 is 0 Å². The molecule has 0 radical (unpaired) electrons. The van der Waals surface area contributed by atoms with Crippen LogP contribution in [0, 0.1) is 17.8 Å². The topological polar surface area (TPSA) is 29.5 Å². The Kier molecular flexibility index (Phi) is 1.66. The van der Waals surface area contributed by atoms with Gasteiger partial charge in [-0.15, -0.1) is 0 Å². The number of rotatable bonds is 1.